The van der Waals surface area contributed by atoms with Gasteiger partial charge in [0.05, 0.1) is 12.3 Å². The lowest BCUT2D eigenvalue weighted by Gasteiger charge is -2.23. The third kappa shape index (κ3) is 5.34. The summed E-state index contributed by atoms with van der Waals surface area (Å²) in [5.41, 5.74) is 1.05. The van der Waals surface area contributed by atoms with Crippen LogP contribution in [0, 0.1) is 0 Å². The summed E-state index contributed by atoms with van der Waals surface area (Å²) < 4.78 is 11.4. The molecule has 1 N–H and O–H groups in total. The number of nitrogens with one attached hydrogen (secondary N) is 1. The van der Waals surface area contributed by atoms with Gasteiger partial charge in [-0.2, -0.15) is 0 Å². The van der Waals surface area contributed by atoms with Crippen molar-refractivity contribution in [2.45, 2.75) is 25.4 Å². The third-order valence-electron chi connectivity index (χ3n) is 4.93. The van der Waals surface area contributed by atoms with Gasteiger partial charge in [0.1, 0.15) is 11.5 Å². The maximum absolute atomic E-state index is 12.2. The molecule has 2 aromatic rings. The molecule has 27 heavy (non-hydrogen) atoms. The van der Waals surface area contributed by atoms with Gasteiger partial charge in [0.2, 0.25) is 0 Å². The molecule has 1 unspecified atom stereocenters. The Kier molecular flexibility index (Phi) is 6.90. The van der Waals surface area contributed by atoms with Gasteiger partial charge in [-0.05, 0) is 45.1 Å². The van der Waals surface area contributed by atoms with Crippen LogP contribution >= 0.6 is 0 Å². The van der Waals surface area contributed by atoms with Crippen LogP contribution < -0.4 is 10.1 Å². The Morgan fingerprint density at radius 1 is 1.22 bits per heavy atom. The molecule has 1 aliphatic heterocycles. The van der Waals surface area contributed by atoms with Crippen LogP contribution in [0.25, 0.3) is 0 Å². The first-order valence-corrected chi connectivity index (χ1v) is 9.54. The predicted octanol–water partition coefficient (Wildman–Crippen LogP) is 2.67. The van der Waals surface area contributed by atoms with Crippen molar-refractivity contribution >= 4 is 5.91 Å². The molecule has 0 radical (unpaired) electrons. The molecule has 1 atom stereocenters. The van der Waals surface area contributed by atoms with E-state index in [2.05, 4.69) is 10.2 Å². The number of rotatable bonds is 9. The summed E-state index contributed by atoms with van der Waals surface area (Å²) in [7, 11) is 4.08. The Morgan fingerprint density at radius 2 is 2.00 bits per heavy atom. The molecule has 1 fully saturated rings. The van der Waals surface area contributed by atoms with Gasteiger partial charge in [0.25, 0.3) is 5.91 Å². The van der Waals surface area contributed by atoms with E-state index in [0.29, 0.717) is 6.54 Å². The monoisotopic (exact) mass is 371 g/mol. The molecule has 146 valence electrons. The Morgan fingerprint density at radius 3 is 2.70 bits per heavy atom. The van der Waals surface area contributed by atoms with E-state index in [-0.39, 0.29) is 18.6 Å². The second kappa shape index (κ2) is 9.58. The minimum Gasteiger partial charge on any atom is -0.483 e. The first kappa shape index (κ1) is 19.5. The highest BCUT2D eigenvalue weighted by Crippen LogP contribution is 2.20. The summed E-state index contributed by atoms with van der Waals surface area (Å²) in [5.74, 6) is 1.77. The van der Waals surface area contributed by atoms with E-state index < -0.39 is 0 Å². The number of hydrogen-bond acceptors (Lipinski definition) is 5. The summed E-state index contributed by atoms with van der Waals surface area (Å²) >= 11 is 0. The molecule has 0 aliphatic carbocycles. The summed E-state index contributed by atoms with van der Waals surface area (Å²) in [6, 6.07) is 11.9. The van der Waals surface area contributed by atoms with Gasteiger partial charge in [-0.25, -0.2) is 0 Å². The molecule has 1 aliphatic rings. The lowest BCUT2D eigenvalue weighted by molar-refractivity contribution is -0.132. The maximum Gasteiger partial charge on any atom is 0.260 e. The van der Waals surface area contributed by atoms with Gasteiger partial charge in [-0.3, -0.25) is 9.69 Å². The maximum atomic E-state index is 12.2. The van der Waals surface area contributed by atoms with E-state index in [1.165, 1.54) is 0 Å². The molecule has 1 aromatic carbocycles. The number of benzene rings is 1. The first-order chi connectivity index (χ1) is 13.1. The van der Waals surface area contributed by atoms with Gasteiger partial charge in [-0.1, -0.05) is 18.2 Å². The van der Waals surface area contributed by atoms with Crippen LogP contribution in [-0.4, -0.2) is 56.0 Å². The SMILES string of the molecule is CN(C)C(CNCc1ccccc1OCC(=O)N1CCCC1)c1ccco1. The third-order valence-corrected chi connectivity index (χ3v) is 4.93. The number of carbonyl (C=O) groups is 1. The van der Waals surface area contributed by atoms with E-state index in [1.54, 1.807) is 6.26 Å². The first-order valence-electron chi connectivity index (χ1n) is 9.54. The fourth-order valence-corrected chi connectivity index (χ4v) is 3.35. The molecule has 1 aromatic heterocycles. The largest absolute Gasteiger partial charge is 0.483 e. The number of ether oxygens (including phenoxy) is 1. The number of furan rings is 1. The average molecular weight is 371 g/mol. The molecule has 0 spiro atoms. The number of likely N-dealkylation sites (N-methyl/N-ethyl adjacent to an activating group) is 1. The van der Waals surface area contributed by atoms with Crippen molar-refractivity contribution in [1.29, 1.82) is 0 Å². The van der Waals surface area contributed by atoms with Crippen molar-refractivity contribution in [2.24, 2.45) is 0 Å². The van der Waals surface area contributed by atoms with E-state index in [0.717, 1.165) is 49.5 Å². The minimum absolute atomic E-state index is 0.0701. The second-order valence-corrected chi connectivity index (χ2v) is 7.11. The van der Waals surface area contributed by atoms with Crippen LogP contribution in [0.5, 0.6) is 5.75 Å². The predicted molar refractivity (Wildman–Crippen MR) is 105 cm³/mol. The standard InChI is InChI=1S/C21H29N3O3/c1-23(2)18(20-10-7-13-26-20)15-22-14-17-8-3-4-9-19(17)27-16-21(25)24-11-5-6-12-24/h3-4,7-10,13,18,22H,5-6,11-12,14-16H2,1-2H3. The van der Waals surface area contributed by atoms with Gasteiger partial charge in [0.15, 0.2) is 6.61 Å². The molecular weight excluding hydrogens is 342 g/mol. The van der Waals surface area contributed by atoms with E-state index in [9.17, 15) is 4.79 Å². The zero-order chi connectivity index (χ0) is 19.1. The highest BCUT2D eigenvalue weighted by molar-refractivity contribution is 5.78. The van der Waals surface area contributed by atoms with Gasteiger partial charge < -0.3 is 19.4 Å². The van der Waals surface area contributed by atoms with Gasteiger partial charge in [0, 0.05) is 31.7 Å². The van der Waals surface area contributed by atoms with Crippen molar-refractivity contribution in [3.63, 3.8) is 0 Å². The number of amides is 1. The van der Waals surface area contributed by atoms with Crippen LogP contribution in [0.4, 0.5) is 0 Å². The topological polar surface area (TPSA) is 58.0 Å². The number of likely N-dealkylation sites (tertiary alicyclic amines) is 1. The number of para-hydroxylation sites is 1. The molecule has 6 heteroatoms. The molecule has 0 bridgehead atoms. The molecule has 3 rings (SSSR count). The summed E-state index contributed by atoms with van der Waals surface area (Å²) in [6.07, 6.45) is 3.89. The zero-order valence-electron chi connectivity index (χ0n) is 16.2. The minimum atomic E-state index is 0.0701. The molecule has 6 nitrogen and oxygen atoms in total. The molecule has 1 amide bonds. The lowest BCUT2D eigenvalue weighted by Crippen LogP contribution is -2.32. The zero-order valence-corrected chi connectivity index (χ0v) is 16.2. The van der Waals surface area contributed by atoms with E-state index in [1.807, 2.05) is 55.4 Å². The fraction of sp³-hybridized carbons (Fsp3) is 0.476. The van der Waals surface area contributed by atoms with Gasteiger partial charge in [-0.15, -0.1) is 0 Å². The number of nitrogens with zero attached hydrogens (tertiary/aromatic N) is 2. The molecular formula is C21H29N3O3. The summed E-state index contributed by atoms with van der Waals surface area (Å²) in [4.78, 5) is 16.2. The highest BCUT2D eigenvalue weighted by Gasteiger charge is 2.19. The van der Waals surface area contributed by atoms with E-state index >= 15 is 0 Å². The normalized spacial score (nSPS) is 15.3. The van der Waals surface area contributed by atoms with Crippen LogP contribution in [0.2, 0.25) is 0 Å². The second-order valence-electron chi connectivity index (χ2n) is 7.11. The van der Waals surface area contributed by atoms with Crippen molar-refractivity contribution in [1.82, 2.24) is 15.1 Å². The van der Waals surface area contributed by atoms with Crippen molar-refractivity contribution in [3.8, 4) is 5.75 Å². The van der Waals surface area contributed by atoms with Crippen LogP contribution in [0.15, 0.2) is 47.1 Å². The molecule has 1 saturated heterocycles. The Bertz CT molecular complexity index is 709. The van der Waals surface area contributed by atoms with E-state index in [4.69, 9.17) is 9.15 Å². The highest BCUT2D eigenvalue weighted by atomic mass is 16.5. The molecule has 2 heterocycles. The van der Waals surface area contributed by atoms with Crippen molar-refractivity contribution in [2.75, 3.05) is 40.3 Å². The summed E-state index contributed by atoms with van der Waals surface area (Å²) in [6.45, 7) is 3.22. The summed E-state index contributed by atoms with van der Waals surface area (Å²) in [5, 5.41) is 3.48. The number of carbonyl (C=O) groups excluding carboxylic acids is 1. The Balaban J connectivity index is 1.53. The molecule has 0 saturated carbocycles. The fourth-order valence-electron chi connectivity index (χ4n) is 3.35. The Hall–Kier alpha value is -2.31. The van der Waals surface area contributed by atoms with Crippen LogP contribution in [0.3, 0.4) is 0 Å². The quantitative estimate of drug-likeness (QED) is 0.734. The number of hydrogen-bond donors (Lipinski definition) is 1. The smallest absolute Gasteiger partial charge is 0.260 e. The van der Waals surface area contributed by atoms with Crippen LogP contribution in [0.1, 0.15) is 30.2 Å². The van der Waals surface area contributed by atoms with Crippen molar-refractivity contribution in [3.05, 3.63) is 54.0 Å². The van der Waals surface area contributed by atoms with Crippen LogP contribution in [-0.2, 0) is 11.3 Å². The Labute approximate surface area is 161 Å². The lowest BCUT2D eigenvalue weighted by atomic mass is 10.1. The average Bonchev–Trinajstić information content (AvgIpc) is 3.37. The van der Waals surface area contributed by atoms with Gasteiger partial charge >= 0.3 is 0 Å². The van der Waals surface area contributed by atoms with Crippen molar-refractivity contribution < 1.29 is 13.9 Å².